The smallest absolute Gasteiger partial charge is 0.409 e. The van der Waals surface area contributed by atoms with E-state index in [4.69, 9.17) is 14.3 Å². The van der Waals surface area contributed by atoms with Crippen molar-refractivity contribution in [2.24, 2.45) is 17.8 Å². The van der Waals surface area contributed by atoms with Gasteiger partial charge in [-0.05, 0) is 38.0 Å². The van der Waals surface area contributed by atoms with E-state index in [-0.39, 0.29) is 36.4 Å². The van der Waals surface area contributed by atoms with Crippen molar-refractivity contribution in [3.8, 4) is 0 Å². The third-order valence-corrected chi connectivity index (χ3v) is 7.73. The average molecular weight is 428 g/mol. The number of nitrogens with zero attached hydrogens (tertiary/aromatic N) is 2. The van der Waals surface area contributed by atoms with Gasteiger partial charge in [-0.3, -0.25) is 15.6 Å². The third kappa shape index (κ3) is 3.93. The van der Waals surface area contributed by atoms with Gasteiger partial charge in [0.25, 0.3) is 0 Å². The molecular formula is C20H34FN5O4. The van der Waals surface area contributed by atoms with Crippen LogP contribution < -0.4 is 16.2 Å². The van der Waals surface area contributed by atoms with Crippen LogP contribution in [0.2, 0.25) is 0 Å². The van der Waals surface area contributed by atoms with Gasteiger partial charge < -0.3 is 14.4 Å². The van der Waals surface area contributed by atoms with Gasteiger partial charge in [0.2, 0.25) is 0 Å². The minimum absolute atomic E-state index is 0.0339. The Labute approximate surface area is 176 Å². The second-order valence-corrected chi connectivity index (χ2v) is 9.36. The van der Waals surface area contributed by atoms with Gasteiger partial charge in [-0.25, -0.2) is 14.2 Å². The molecule has 4 heterocycles. The van der Waals surface area contributed by atoms with E-state index >= 15 is 4.39 Å². The van der Waals surface area contributed by atoms with Crippen LogP contribution in [-0.4, -0.2) is 86.6 Å². The van der Waals surface area contributed by atoms with Gasteiger partial charge in [-0.2, -0.15) is 5.48 Å². The number of hydrogen-bond donors (Lipinski definition) is 3. The summed E-state index contributed by atoms with van der Waals surface area (Å²) < 4.78 is 25.4. The second kappa shape index (κ2) is 8.84. The Balaban J connectivity index is 1.16. The summed E-state index contributed by atoms with van der Waals surface area (Å²) in [5, 5.41) is 5.85. The van der Waals surface area contributed by atoms with Gasteiger partial charge >= 0.3 is 6.09 Å². The largest absolute Gasteiger partial charge is 0.453 e. The molecule has 4 saturated heterocycles. The Morgan fingerprint density at radius 1 is 1.17 bits per heavy atom. The van der Waals surface area contributed by atoms with Crippen molar-refractivity contribution >= 4 is 6.09 Å². The van der Waals surface area contributed by atoms with Crippen molar-refractivity contribution < 1.29 is 23.5 Å². The fraction of sp³-hybridized carbons (Fsp3) is 0.950. The highest BCUT2D eigenvalue weighted by atomic mass is 19.1. The maximum absolute atomic E-state index is 15.1. The van der Waals surface area contributed by atoms with E-state index in [0.29, 0.717) is 38.0 Å². The number of ether oxygens (including phenoxy) is 2. The molecule has 7 unspecified atom stereocenters. The van der Waals surface area contributed by atoms with Crippen LogP contribution in [0.3, 0.4) is 0 Å². The summed E-state index contributed by atoms with van der Waals surface area (Å²) in [6.07, 6.45) is 2.99. The quantitative estimate of drug-likeness (QED) is 0.603. The second-order valence-electron chi connectivity index (χ2n) is 9.36. The zero-order valence-electron chi connectivity index (χ0n) is 17.6. The molecule has 1 aliphatic carbocycles. The van der Waals surface area contributed by atoms with E-state index in [0.717, 1.165) is 38.9 Å². The third-order valence-electron chi connectivity index (χ3n) is 7.73. The fourth-order valence-electron chi connectivity index (χ4n) is 5.99. The Morgan fingerprint density at radius 3 is 2.73 bits per heavy atom. The van der Waals surface area contributed by atoms with Crippen molar-refractivity contribution in [3.63, 3.8) is 0 Å². The van der Waals surface area contributed by atoms with Gasteiger partial charge in [0.15, 0.2) is 0 Å². The molecule has 0 radical (unpaired) electrons. The lowest BCUT2D eigenvalue weighted by Crippen LogP contribution is -2.52. The zero-order valence-corrected chi connectivity index (χ0v) is 17.6. The molecule has 170 valence electrons. The van der Waals surface area contributed by atoms with Crippen LogP contribution in [0.1, 0.15) is 32.1 Å². The first-order valence-electron chi connectivity index (χ1n) is 11.4. The Morgan fingerprint density at radius 2 is 2.00 bits per heavy atom. The van der Waals surface area contributed by atoms with Crippen molar-refractivity contribution in [1.82, 2.24) is 26.1 Å². The minimum atomic E-state index is -0.818. The van der Waals surface area contributed by atoms with Gasteiger partial charge in [-0.15, -0.1) is 0 Å². The van der Waals surface area contributed by atoms with Crippen LogP contribution in [-0.2, 0) is 14.3 Å². The van der Waals surface area contributed by atoms with E-state index in [1.54, 1.807) is 4.90 Å². The predicted octanol–water partition coefficient (Wildman–Crippen LogP) is 0.583. The summed E-state index contributed by atoms with van der Waals surface area (Å²) in [5.74, 6) is 0.544. The number of rotatable bonds is 3. The maximum atomic E-state index is 15.1. The Bertz CT molecular complexity index is 616. The Kier molecular flexibility index (Phi) is 6.14. The number of hydrogen-bond acceptors (Lipinski definition) is 8. The maximum Gasteiger partial charge on any atom is 0.409 e. The number of hydrazine groups is 1. The van der Waals surface area contributed by atoms with E-state index in [1.165, 1.54) is 7.11 Å². The van der Waals surface area contributed by atoms with Crippen molar-refractivity contribution in [2.75, 3.05) is 40.0 Å². The van der Waals surface area contributed by atoms with E-state index in [2.05, 4.69) is 21.2 Å². The molecule has 10 heteroatoms. The number of hydroxylamine groups is 1. The SMILES string of the molecule is COC(=O)N1CCC(C2NOC(C3CC(F)C4CNN(C5CCOC5)C4C3)N2)CC1. The Hall–Kier alpha value is -1.04. The normalized spacial score (nSPS) is 43.1. The van der Waals surface area contributed by atoms with Gasteiger partial charge in [0.05, 0.1) is 25.9 Å². The molecule has 9 nitrogen and oxygen atoms in total. The topological polar surface area (TPSA) is 87.3 Å². The van der Waals surface area contributed by atoms with Crippen LogP contribution in [0.25, 0.3) is 0 Å². The first-order valence-corrected chi connectivity index (χ1v) is 11.4. The molecular weight excluding hydrogens is 393 g/mol. The molecule has 5 fully saturated rings. The number of alkyl halides is 1. The molecule has 30 heavy (non-hydrogen) atoms. The molecule has 1 amide bonds. The van der Waals surface area contributed by atoms with Crippen molar-refractivity contribution in [2.45, 2.75) is 62.8 Å². The molecule has 1 saturated carbocycles. The number of halogens is 1. The van der Waals surface area contributed by atoms with E-state index in [9.17, 15) is 4.79 Å². The molecule has 0 aromatic carbocycles. The minimum Gasteiger partial charge on any atom is -0.453 e. The monoisotopic (exact) mass is 427 g/mol. The first-order chi connectivity index (χ1) is 14.6. The molecule has 3 N–H and O–H groups in total. The summed E-state index contributed by atoms with van der Waals surface area (Å²) in [6, 6.07) is 0.535. The van der Waals surface area contributed by atoms with Crippen molar-refractivity contribution in [1.29, 1.82) is 0 Å². The molecule has 0 aromatic heterocycles. The van der Waals surface area contributed by atoms with Gasteiger partial charge in [0, 0.05) is 44.1 Å². The standard InChI is InChI=1S/C20H34FN5O4/c1-28-20(27)25-5-2-12(3-6-25)18-23-19(30-24-18)13-8-16(21)15-10-22-26(17(15)9-13)14-4-7-29-11-14/h12-19,22-24H,2-11H2,1H3. The molecule has 4 aliphatic heterocycles. The highest BCUT2D eigenvalue weighted by Crippen LogP contribution is 2.40. The summed E-state index contributed by atoms with van der Waals surface area (Å²) in [4.78, 5) is 19.3. The van der Waals surface area contributed by atoms with Crippen LogP contribution in [0.4, 0.5) is 9.18 Å². The van der Waals surface area contributed by atoms with Gasteiger partial charge in [-0.1, -0.05) is 0 Å². The lowest BCUT2D eigenvalue weighted by Gasteiger charge is -2.40. The number of piperidine rings is 1. The zero-order chi connectivity index (χ0) is 20.7. The molecule has 0 spiro atoms. The lowest BCUT2D eigenvalue weighted by atomic mass is 9.76. The van der Waals surface area contributed by atoms with E-state index in [1.807, 2.05) is 0 Å². The molecule has 5 rings (SSSR count). The summed E-state index contributed by atoms with van der Waals surface area (Å²) in [7, 11) is 1.42. The van der Waals surface area contributed by atoms with Crippen LogP contribution in [0.15, 0.2) is 0 Å². The first kappa shape index (κ1) is 20.8. The highest BCUT2D eigenvalue weighted by molar-refractivity contribution is 5.67. The number of carbonyl (C=O) groups excluding carboxylic acids is 1. The summed E-state index contributed by atoms with van der Waals surface area (Å²) in [6.45, 7) is 3.60. The summed E-state index contributed by atoms with van der Waals surface area (Å²) >= 11 is 0. The lowest BCUT2D eigenvalue weighted by molar-refractivity contribution is -0.0543. The number of methoxy groups -OCH3 is 1. The number of carbonyl (C=O) groups is 1. The van der Waals surface area contributed by atoms with Crippen molar-refractivity contribution in [3.05, 3.63) is 0 Å². The van der Waals surface area contributed by atoms with Crippen LogP contribution in [0, 0.1) is 17.8 Å². The average Bonchev–Trinajstić information content (AvgIpc) is 3.53. The summed E-state index contributed by atoms with van der Waals surface area (Å²) in [5.41, 5.74) is 6.61. The number of amides is 1. The molecule has 5 aliphatic rings. The van der Waals surface area contributed by atoms with Crippen LogP contribution in [0.5, 0.6) is 0 Å². The van der Waals surface area contributed by atoms with Crippen LogP contribution >= 0.6 is 0 Å². The molecule has 0 aromatic rings. The molecule has 7 atom stereocenters. The predicted molar refractivity (Wildman–Crippen MR) is 106 cm³/mol. The number of nitrogens with one attached hydrogen (secondary N) is 3. The van der Waals surface area contributed by atoms with E-state index < -0.39 is 6.17 Å². The number of likely N-dealkylation sites (tertiary alicyclic amines) is 1. The highest BCUT2D eigenvalue weighted by Gasteiger charge is 2.50. The van der Waals surface area contributed by atoms with Gasteiger partial charge in [0.1, 0.15) is 12.4 Å². The molecule has 0 bridgehead atoms. The number of fused-ring (bicyclic) bond motifs is 1. The fourth-order valence-corrected chi connectivity index (χ4v) is 5.99.